The van der Waals surface area contributed by atoms with Gasteiger partial charge in [-0.05, 0) is 30.4 Å². The first-order valence-corrected chi connectivity index (χ1v) is 8.23. The second-order valence-corrected chi connectivity index (χ2v) is 6.06. The molecule has 0 heterocycles. The highest BCUT2D eigenvalue weighted by molar-refractivity contribution is 14.0. The first kappa shape index (κ1) is 17.9. The summed E-state index contributed by atoms with van der Waals surface area (Å²) in [5.41, 5.74) is 1.31. The summed E-state index contributed by atoms with van der Waals surface area (Å²) in [5.74, 6) is 2.53. The molecular weight excluding hydrogens is 405 g/mol. The number of guanidine groups is 1. The van der Waals surface area contributed by atoms with Crippen molar-refractivity contribution in [2.75, 3.05) is 25.6 Å². The van der Waals surface area contributed by atoms with E-state index >= 15 is 0 Å². The van der Waals surface area contributed by atoms with Gasteiger partial charge in [-0.1, -0.05) is 23.7 Å². The quantitative estimate of drug-likeness (QED) is 0.329. The number of halogens is 2. The Labute approximate surface area is 147 Å². The third-order valence-corrected chi connectivity index (χ3v) is 4.06. The van der Waals surface area contributed by atoms with Gasteiger partial charge in [-0.25, -0.2) is 0 Å². The van der Waals surface area contributed by atoms with Crippen LogP contribution in [0, 0.1) is 0 Å². The van der Waals surface area contributed by atoms with Crippen LogP contribution in [0.15, 0.2) is 29.3 Å². The molecular formula is C14H21ClIN3S. The third kappa shape index (κ3) is 5.33. The second kappa shape index (κ2) is 9.00. The molecule has 1 aromatic carbocycles. The van der Waals surface area contributed by atoms with Gasteiger partial charge < -0.3 is 10.6 Å². The molecule has 20 heavy (non-hydrogen) atoms. The monoisotopic (exact) mass is 425 g/mol. The molecule has 0 spiro atoms. The van der Waals surface area contributed by atoms with Crippen LogP contribution in [0.2, 0.25) is 5.02 Å². The molecule has 1 aromatic rings. The van der Waals surface area contributed by atoms with Gasteiger partial charge in [0.2, 0.25) is 0 Å². The van der Waals surface area contributed by atoms with Gasteiger partial charge in [-0.3, -0.25) is 4.99 Å². The van der Waals surface area contributed by atoms with Crippen molar-refractivity contribution in [1.29, 1.82) is 0 Å². The van der Waals surface area contributed by atoms with Crippen molar-refractivity contribution in [2.24, 2.45) is 4.99 Å². The van der Waals surface area contributed by atoms with Crippen molar-refractivity contribution < 1.29 is 0 Å². The summed E-state index contributed by atoms with van der Waals surface area (Å²) in [6.45, 7) is 0.940. The molecule has 1 fully saturated rings. The summed E-state index contributed by atoms with van der Waals surface area (Å²) in [4.78, 5) is 4.24. The standard InChI is InChI=1S/C14H20ClN3S.HI/c1-16-14(17-6-7-19-2)18-13-9-12(13)10-4-3-5-11(15)8-10;/h3-5,8,12-13H,6-7,9H2,1-2H3,(H2,16,17,18);1H. The molecule has 2 atom stereocenters. The van der Waals surface area contributed by atoms with Crippen LogP contribution in [0.3, 0.4) is 0 Å². The summed E-state index contributed by atoms with van der Waals surface area (Å²) in [7, 11) is 1.81. The number of rotatable bonds is 5. The van der Waals surface area contributed by atoms with E-state index in [2.05, 4.69) is 34.0 Å². The molecule has 0 aromatic heterocycles. The van der Waals surface area contributed by atoms with E-state index in [1.54, 1.807) is 0 Å². The summed E-state index contributed by atoms with van der Waals surface area (Å²) in [5, 5.41) is 7.58. The van der Waals surface area contributed by atoms with E-state index in [4.69, 9.17) is 11.6 Å². The average molecular weight is 426 g/mol. The Morgan fingerprint density at radius 1 is 1.50 bits per heavy atom. The van der Waals surface area contributed by atoms with Gasteiger partial charge in [0.1, 0.15) is 0 Å². The topological polar surface area (TPSA) is 36.4 Å². The lowest BCUT2D eigenvalue weighted by Gasteiger charge is -2.11. The molecule has 0 bridgehead atoms. The fraction of sp³-hybridized carbons (Fsp3) is 0.500. The lowest BCUT2D eigenvalue weighted by Crippen LogP contribution is -2.40. The van der Waals surface area contributed by atoms with Crippen molar-refractivity contribution in [3.8, 4) is 0 Å². The van der Waals surface area contributed by atoms with E-state index in [0.29, 0.717) is 12.0 Å². The number of hydrogen-bond donors (Lipinski definition) is 2. The zero-order valence-electron chi connectivity index (χ0n) is 11.7. The number of aliphatic imine (C=N–C) groups is 1. The lowest BCUT2D eigenvalue weighted by atomic mass is 10.1. The first-order valence-electron chi connectivity index (χ1n) is 6.46. The number of benzene rings is 1. The van der Waals surface area contributed by atoms with Crippen molar-refractivity contribution >= 4 is 53.3 Å². The molecule has 3 nitrogen and oxygen atoms in total. The van der Waals surface area contributed by atoms with Gasteiger partial charge in [-0.15, -0.1) is 24.0 Å². The number of nitrogens with zero attached hydrogens (tertiary/aromatic N) is 1. The van der Waals surface area contributed by atoms with E-state index in [1.807, 2.05) is 30.9 Å². The Balaban J connectivity index is 0.00000200. The van der Waals surface area contributed by atoms with E-state index in [-0.39, 0.29) is 24.0 Å². The Hall–Kier alpha value is -0.140. The van der Waals surface area contributed by atoms with Crippen LogP contribution < -0.4 is 10.6 Å². The largest absolute Gasteiger partial charge is 0.356 e. The van der Waals surface area contributed by atoms with Crippen molar-refractivity contribution in [1.82, 2.24) is 10.6 Å². The maximum absolute atomic E-state index is 6.02. The molecule has 1 saturated carbocycles. The molecule has 2 N–H and O–H groups in total. The van der Waals surface area contributed by atoms with Crippen LogP contribution in [-0.2, 0) is 0 Å². The summed E-state index contributed by atoms with van der Waals surface area (Å²) in [6.07, 6.45) is 3.25. The minimum atomic E-state index is 0. The Kier molecular flexibility index (Phi) is 8.06. The molecule has 0 radical (unpaired) electrons. The highest BCUT2D eigenvalue weighted by atomic mass is 127. The van der Waals surface area contributed by atoms with Gasteiger partial charge in [0, 0.05) is 36.3 Å². The van der Waals surface area contributed by atoms with Crippen LogP contribution in [0.1, 0.15) is 17.9 Å². The minimum Gasteiger partial charge on any atom is -0.356 e. The van der Waals surface area contributed by atoms with Crippen LogP contribution in [-0.4, -0.2) is 37.6 Å². The van der Waals surface area contributed by atoms with Crippen LogP contribution in [0.4, 0.5) is 0 Å². The zero-order valence-corrected chi connectivity index (χ0v) is 15.6. The van der Waals surface area contributed by atoms with E-state index in [0.717, 1.165) is 29.7 Å². The van der Waals surface area contributed by atoms with Gasteiger partial charge in [0.15, 0.2) is 5.96 Å². The van der Waals surface area contributed by atoms with Crippen LogP contribution >= 0.6 is 47.3 Å². The van der Waals surface area contributed by atoms with Crippen molar-refractivity contribution in [3.05, 3.63) is 34.9 Å². The lowest BCUT2D eigenvalue weighted by molar-refractivity contribution is 0.808. The first-order chi connectivity index (χ1) is 9.24. The molecule has 1 aliphatic rings. The third-order valence-electron chi connectivity index (χ3n) is 3.21. The molecule has 0 aliphatic heterocycles. The average Bonchev–Trinajstić information content (AvgIpc) is 3.17. The van der Waals surface area contributed by atoms with Crippen molar-refractivity contribution in [2.45, 2.75) is 18.4 Å². The highest BCUT2D eigenvalue weighted by Crippen LogP contribution is 2.41. The fourth-order valence-electron chi connectivity index (χ4n) is 2.10. The Morgan fingerprint density at radius 2 is 2.30 bits per heavy atom. The van der Waals surface area contributed by atoms with E-state index in [9.17, 15) is 0 Å². The minimum absolute atomic E-state index is 0. The molecule has 112 valence electrons. The summed E-state index contributed by atoms with van der Waals surface area (Å²) >= 11 is 7.85. The smallest absolute Gasteiger partial charge is 0.191 e. The van der Waals surface area contributed by atoms with E-state index in [1.165, 1.54) is 5.56 Å². The van der Waals surface area contributed by atoms with Gasteiger partial charge in [0.05, 0.1) is 0 Å². The van der Waals surface area contributed by atoms with Crippen LogP contribution in [0.5, 0.6) is 0 Å². The number of hydrogen-bond acceptors (Lipinski definition) is 2. The molecule has 2 unspecified atom stereocenters. The summed E-state index contributed by atoms with van der Waals surface area (Å²) in [6, 6.07) is 8.59. The molecule has 6 heteroatoms. The van der Waals surface area contributed by atoms with E-state index < -0.39 is 0 Å². The molecule has 0 saturated heterocycles. The second-order valence-electron chi connectivity index (χ2n) is 4.64. The predicted octanol–water partition coefficient (Wildman–Crippen LogP) is 3.34. The number of thioether (sulfide) groups is 1. The molecule has 1 aliphatic carbocycles. The molecule has 2 rings (SSSR count). The highest BCUT2D eigenvalue weighted by Gasteiger charge is 2.39. The molecule has 0 amide bonds. The predicted molar refractivity (Wildman–Crippen MR) is 101 cm³/mol. The SMILES string of the molecule is CN=C(NCCSC)NC1CC1c1cccc(Cl)c1.I. The fourth-order valence-corrected chi connectivity index (χ4v) is 2.61. The Morgan fingerprint density at radius 3 is 2.95 bits per heavy atom. The van der Waals surface area contributed by atoms with Crippen molar-refractivity contribution in [3.63, 3.8) is 0 Å². The number of nitrogens with one attached hydrogen (secondary N) is 2. The Bertz CT molecular complexity index is 456. The maximum atomic E-state index is 6.02. The zero-order chi connectivity index (χ0) is 13.7. The maximum Gasteiger partial charge on any atom is 0.191 e. The normalized spacial score (nSPS) is 21.1. The van der Waals surface area contributed by atoms with Gasteiger partial charge >= 0.3 is 0 Å². The summed E-state index contributed by atoms with van der Waals surface area (Å²) < 4.78 is 0. The van der Waals surface area contributed by atoms with Gasteiger partial charge in [0.25, 0.3) is 0 Å². The van der Waals surface area contributed by atoms with Crippen LogP contribution in [0.25, 0.3) is 0 Å². The van der Waals surface area contributed by atoms with Gasteiger partial charge in [-0.2, -0.15) is 11.8 Å².